The first-order valence-corrected chi connectivity index (χ1v) is 5.80. The Morgan fingerprint density at radius 2 is 1.85 bits per heavy atom. The highest BCUT2D eigenvalue weighted by Crippen LogP contribution is 2.15. The lowest BCUT2D eigenvalue weighted by atomic mass is 9.98. The van der Waals surface area contributed by atoms with Crippen LogP contribution in [0.3, 0.4) is 0 Å². The molecule has 0 aromatic rings. The molecule has 0 aliphatic rings. The molecular formula is C13H26. The molecule has 0 saturated carbocycles. The predicted molar refractivity (Wildman–Crippen MR) is 62.0 cm³/mol. The molecule has 0 unspecified atom stereocenters. The van der Waals surface area contributed by atoms with Crippen LogP contribution >= 0.6 is 0 Å². The van der Waals surface area contributed by atoms with Gasteiger partial charge >= 0.3 is 0 Å². The Bertz CT molecular complexity index is 129. The van der Waals surface area contributed by atoms with Gasteiger partial charge in [-0.1, -0.05) is 51.2 Å². The Balaban J connectivity index is 3.30. The standard InChI is InChI=1S/C13H26/c1-5-6-7-10-13(4)11-8-9-12(2)3/h9,13H,5-8,10-11H2,1-4H3/t13-/m0/s1. The van der Waals surface area contributed by atoms with E-state index < -0.39 is 0 Å². The smallest absolute Gasteiger partial charge is 0.0346 e. The van der Waals surface area contributed by atoms with E-state index in [1.165, 1.54) is 44.1 Å². The van der Waals surface area contributed by atoms with Crippen molar-refractivity contribution < 1.29 is 0 Å². The van der Waals surface area contributed by atoms with Gasteiger partial charge in [-0.15, -0.1) is 0 Å². The fraction of sp³-hybridized carbons (Fsp3) is 0.846. The number of unbranched alkanes of at least 4 members (excludes halogenated alkanes) is 2. The molecule has 1 atom stereocenters. The van der Waals surface area contributed by atoms with Crippen LogP contribution in [0.2, 0.25) is 0 Å². The molecule has 0 bridgehead atoms. The van der Waals surface area contributed by atoms with E-state index in [9.17, 15) is 0 Å². The van der Waals surface area contributed by atoms with Gasteiger partial charge in [-0.2, -0.15) is 0 Å². The summed E-state index contributed by atoms with van der Waals surface area (Å²) >= 11 is 0. The van der Waals surface area contributed by atoms with E-state index >= 15 is 0 Å². The van der Waals surface area contributed by atoms with Crippen molar-refractivity contribution in [1.82, 2.24) is 0 Å². The molecule has 0 radical (unpaired) electrons. The summed E-state index contributed by atoms with van der Waals surface area (Å²) in [7, 11) is 0. The van der Waals surface area contributed by atoms with Crippen LogP contribution in [0, 0.1) is 5.92 Å². The van der Waals surface area contributed by atoms with Crippen molar-refractivity contribution in [3.63, 3.8) is 0 Å². The summed E-state index contributed by atoms with van der Waals surface area (Å²) in [6, 6.07) is 0. The van der Waals surface area contributed by atoms with E-state index in [4.69, 9.17) is 0 Å². The van der Waals surface area contributed by atoms with Crippen molar-refractivity contribution in [2.45, 2.75) is 66.2 Å². The van der Waals surface area contributed by atoms with Crippen molar-refractivity contribution in [3.05, 3.63) is 11.6 Å². The first-order chi connectivity index (χ1) is 6.16. The number of allylic oxidation sites excluding steroid dienone is 2. The molecule has 0 aliphatic heterocycles. The molecule has 0 heterocycles. The number of hydrogen-bond acceptors (Lipinski definition) is 0. The molecule has 0 aromatic carbocycles. The molecular weight excluding hydrogens is 156 g/mol. The Hall–Kier alpha value is -0.260. The lowest BCUT2D eigenvalue weighted by Crippen LogP contribution is -1.93. The summed E-state index contributed by atoms with van der Waals surface area (Å²) in [6.07, 6.45) is 10.6. The minimum atomic E-state index is 0.919. The molecule has 0 heteroatoms. The monoisotopic (exact) mass is 182 g/mol. The molecule has 0 N–H and O–H groups in total. The number of hydrogen-bond donors (Lipinski definition) is 0. The second kappa shape index (κ2) is 8.34. The van der Waals surface area contributed by atoms with Crippen molar-refractivity contribution in [2.75, 3.05) is 0 Å². The van der Waals surface area contributed by atoms with E-state index in [0.29, 0.717) is 0 Å². The molecule has 0 saturated heterocycles. The van der Waals surface area contributed by atoms with Crippen molar-refractivity contribution in [1.29, 1.82) is 0 Å². The second-order valence-electron chi connectivity index (χ2n) is 4.46. The average molecular weight is 182 g/mol. The summed E-state index contributed by atoms with van der Waals surface area (Å²) in [5.41, 5.74) is 1.46. The number of rotatable bonds is 7. The van der Waals surface area contributed by atoms with Crippen LogP contribution in [0.15, 0.2) is 11.6 Å². The lowest BCUT2D eigenvalue weighted by Gasteiger charge is -2.08. The summed E-state index contributed by atoms with van der Waals surface area (Å²) in [5.74, 6) is 0.919. The maximum atomic E-state index is 2.38. The van der Waals surface area contributed by atoms with Gasteiger partial charge in [0.15, 0.2) is 0 Å². The third-order valence-electron chi connectivity index (χ3n) is 2.51. The summed E-state index contributed by atoms with van der Waals surface area (Å²) in [6.45, 7) is 9.02. The Labute approximate surface area is 84.4 Å². The highest BCUT2D eigenvalue weighted by Gasteiger charge is 1.99. The van der Waals surface area contributed by atoms with Crippen LogP contribution in [-0.4, -0.2) is 0 Å². The van der Waals surface area contributed by atoms with Gasteiger partial charge in [0.05, 0.1) is 0 Å². The van der Waals surface area contributed by atoms with E-state index in [-0.39, 0.29) is 0 Å². The van der Waals surface area contributed by atoms with Gasteiger partial charge < -0.3 is 0 Å². The van der Waals surface area contributed by atoms with Gasteiger partial charge in [0, 0.05) is 0 Å². The minimum absolute atomic E-state index is 0.919. The first kappa shape index (κ1) is 12.7. The van der Waals surface area contributed by atoms with Crippen molar-refractivity contribution >= 4 is 0 Å². The summed E-state index contributed by atoms with van der Waals surface area (Å²) in [4.78, 5) is 0. The zero-order valence-electron chi connectivity index (χ0n) is 9.90. The van der Waals surface area contributed by atoms with Gasteiger partial charge in [0.2, 0.25) is 0 Å². The Kier molecular flexibility index (Phi) is 8.18. The van der Waals surface area contributed by atoms with E-state index in [1.54, 1.807) is 0 Å². The van der Waals surface area contributed by atoms with Gasteiger partial charge in [0.1, 0.15) is 0 Å². The quantitative estimate of drug-likeness (QED) is 0.386. The highest BCUT2D eigenvalue weighted by atomic mass is 14.1. The molecule has 0 spiro atoms. The second-order valence-corrected chi connectivity index (χ2v) is 4.46. The fourth-order valence-corrected chi connectivity index (χ4v) is 1.54. The maximum Gasteiger partial charge on any atom is -0.0346 e. The zero-order valence-corrected chi connectivity index (χ0v) is 9.90. The molecule has 0 aromatic heterocycles. The third-order valence-corrected chi connectivity index (χ3v) is 2.51. The van der Waals surface area contributed by atoms with Crippen LogP contribution in [-0.2, 0) is 0 Å². The third kappa shape index (κ3) is 9.66. The molecule has 0 aliphatic carbocycles. The van der Waals surface area contributed by atoms with Crippen LogP contribution < -0.4 is 0 Å². The van der Waals surface area contributed by atoms with E-state index in [1.807, 2.05) is 0 Å². The Morgan fingerprint density at radius 1 is 1.15 bits per heavy atom. The van der Waals surface area contributed by atoms with Crippen LogP contribution in [0.25, 0.3) is 0 Å². The molecule has 0 fully saturated rings. The van der Waals surface area contributed by atoms with Crippen LogP contribution in [0.5, 0.6) is 0 Å². The van der Waals surface area contributed by atoms with E-state index in [0.717, 1.165) is 5.92 Å². The minimum Gasteiger partial charge on any atom is -0.0859 e. The SMILES string of the molecule is CCCCC[C@H](C)CCC=C(C)C. The topological polar surface area (TPSA) is 0 Å². The zero-order chi connectivity index (χ0) is 10.1. The Morgan fingerprint density at radius 3 is 2.38 bits per heavy atom. The van der Waals surface area contributed by atoms with Gasteiger partial charge in [0.25, 0.3) is 0 Å². The van der Waals surface area contributed by atoms with Crippen molar-refractivity contribution in [2.24, 2.45) is 5.92 Å². The molecule has 78 valence electrons. The normalized spacial score (nSPS) is 12.6. The van der Waals surface area contributed by atoms with Crippen LogP contribution in [0.4, 0.5) is 0 Å². The largest absolute Gasteiger partial charge is 0.0859 e. The molecule has 0 rings (SSSR count). The average Bonchev–Trinajstić information content (AvgIpc) is 2.04. The molecule has 13 heavy (non-hydrogen) atoms. The van der Waals surface area contributed by atoms with E-state index in [2.05, 4.69) is 33.8 Å². The van der Waals surface area contributed by atoms with Gasteiger partial charge in [-0.25, -0.2) is 0 Å². The fourth-order valence-electron chi connectivity index (χ4n) is 1.54. The lowest BCUT2D eigenvalue weighted by molar-refractivity contribution is 0.467. The summed E-state index contributed by atoms with van der Waals surface area (Å²) in [5, 5.41) is 0. The van der Waals surface area contributed by atoms with Crippen LogP contribution in [0.1, 0.15) is 66.2 Å². The molecule has 0 amide bonds. The molecule has 0 nitrogen and oxygen atoms in total. The van der Waals surface area contributed by atoms with Gasteiger partial charge in [-0.3, -0.25) is 0 Å². The maximum absolute atomic E-state index is 2.38. The van der Waals surface area contributed by atoms with Crippen molar-refractivity contribution in [3.8, 4) is 0 Å². The first-order valence-electron chi connectivity index (χ1n) is 5.80. The van der Waals surface area contributed by atoms with Gasteiger partial charge in [-0.05, 0) is 32.6 Å². The predicted octanol–water partition coefficient (Wildman–Crippen LogP) is 4.95. The summed E-state index contributed by atoms with van der Waals surface area (Å²) < 4.78 is 0. The highest BCUT2D eigenvalue weighted by molar-refractivity contribution is 4.92.